The van der Waals surface area contributed by atoms with Gasteiger partial charge in [0.25, 0.3) is 0 Å². The van der Waals surface area contributed by atoms with Gasteiger partial charge in [-0.25, -0.2) is 0 Å². The minimum absolute atomic E-state index is 0.211. The van der Waals surface area contributed by atoms with Crippen LogP contribution in [0.25, 0.3) is 0 Å². The van der Waals surface area contributed by atoms with Gasteiger partial charge in [0.2, 0.25) is 6.79 Å². The molecule has 0 saturated carbocycles. The maximum Gasteiger partial charge on any atom is 0.314 e. The van der Waals surface area contributed by atoms with Crippen LogP contribution in [-0.2, 0) is 10.2 Å². The second-order valence-corrected chi connectivity index (χ2v) is 5.39. The first-order valence-electron chi connectivity index (χ1n) is 7.01. The first-order valence-corrected chi connectivity index (χ1v) is 7.01. The number of ether oxygens (including phenoxy) is 2. The van der Waals surface area contributed by atoms with Gasteiger partial charge in [-0.1, -0.05) is 13.0 Å². The topological polar surface area (TPSA) is 59.0 Å². The van der Waals surface area contributed by atoms with Crippen molar-refractivity contribution in [3.63, 3.8) is 0 Å². The highest BCUT2D eigenvalue weighted by Crippen LogP contribution is 2.41. The van der Waals surface area contributed by atoms with Crippen LogP contribution in [0.3, 0.4) is 0 Å². The summed E-state index contributed by atoms with van der Waals surface area (Å²) in [6, 6.07) is 5.51. The number of hydrogen-bond acceptors (Lipinski definition) is 4. The lowest BCUT2D eigenvalue weighted by Crippen LogP contribution is -2.47. The number of carboxylic acids is 1. The Balaban J connectivity index is 1.93. The molecule has 5 heteroatoms. The van der Waals surface area contributed by atoms with E-state index in [1.165, 1.54) is 0 Å². The lowest BCUT2D eigenvalue weighted by atomic mass is 9.72. The van der Waals surface area contributed by atoms with Gasteiger partial charge in [0, 0.05) is 0 Å². The molecule has 0 spiro atoms. The van der Waals surface area contributed by atoms with Crippen molar-refractivity contribution < 1.29 is 19.4 Å². The van der Waals surface area contributed by atoms with E-state index in [2.05, 4.69) is 11.8 Å². The molecule has 2 aliphatic heterocycles. The summed E-state index contributed by atoms with van der Waals surface area (Å²) < 4.78 is 10.7. The molecular weight excluding hydrogens is 258 g/mol. The van der Waals surface area contributed by atoms with E-state index in [0.29, 0.717) is 24.3 Å². The van der Waals surface area contributed by atoms with Crippen LogP contribution in [-0.4, -0.2) is 42.4 Å². The Labute approximate surface area is 118 Å². The van der Waals surface area contributed by atoms with Crippen molar-refractivity contribution in [2.45, 2.75) is 25.2 Å². The molecule has 1 aromatic carbocycles. The molecule has 20 heavy (non-hydrogen) atoms. The summed E-state index contributed by atoms with van der Waals surface area (Å²) in [6.07, 6.45) is 1.27. The Morgan fingerprint density at radius 1 is 1.30 bits per heavy atom. The Kier molecular flexibility index (Phi) is 3.30. The quantitative estimate of drug-likeness (QED) is 0.913. The highest BCUT2D eigenvalue weighted by Gasteiger charge is 2.43. The van der Waals surface area contributed by atoms with Crippen molar-refractivity contribution in [2.24, 2.45) is 0 Å². The number of carbonyl (C=O) groups is 1. The summed E-state index contributed by atoms with van der Waals surface area (Å²) >= 11 is 0. The molecule has 0 radical (unpaired) electrons. The second-order valence-electron chi connectivity index (χ2n) is 5.39. The molecule has 0 amide bonds. The Morgan fingerprint density at radius 2 is 2.00 bits per heavy atom. The zero-order valence-electron chi connectivity index (χ0n) is 11.6. The average Bonchev–Trinajstić information content (AvgIpc) is 2.94. The summed E-state index contributed by atoms with van der Waals surface area (Å²) in [5.41, 5.74) is 0.0251. The third kappa shape index (κ3) is 2.02. The molecule has 0 bridgehead atoms. The fourth-order valence-electron chi connectivity index (χ4n) is 3.07. The number of nitrogens with zero attached hydrogens (tertiary/aromatic N) is 1. The van der Waals surface area contributed by atoms with Crippen LogP contribution < -0.4 is 9.47 Å². The molecule has 2 aliphatic rings. The molecule has 0 unspecified atom stereocenters. The fraction of sp³-hybridized carbons (Fsp3) is 0.533. The van der Waals surface area contributed by atoms with Crippen molar-refractivity contribution in [2.75, 3.05) is 26.4 Å². The van der Waals surface area contributed by atoms with Crippen LogP contribution in [0.5, 0.6) is 11.5 Å². The van der Waals surface area contributed by atoms with Gasteiger partial charge in [-0.3, -0.25) is 4.79 Å². The highest BCUT2D eigenvalue weighted by atomic mass is 16.7. The van der Waals surface area contributed by atoms with E-state index in [1.54, 1.807) is 0 Å². The van der Waals surface area contributed by atoms with Crippen LogP contribution in [0.2, 0.25) is 0 Å². The summed E-state index contributed by atoms with van der Waals surface area (Å²) in [5.74, 6) is 0.605. The second kappa shape index (κ2) is 4.98. The smallest absolute Gasteiger partial charge is 0.314 e. The van der Waals surface area contributed by atoms with Crippen molar-refractivity contribution in [1.82, 2.24) is 4.90 Å². The molecule has 1 aromatic rings. The van der Waals surface area contributed by atoms with E-state index in [0.717, 1.165) is 25.2 Å². The normalized spacial score (nSPS) is 20.9. The SMILES string of the molecule is CCN1CCC(C(=O)O)(c2ccc3c(c2)OCO3)CC1. The number of fused-ring (bicyclic) bond motifs is 1. The van der Waals surface area contributed by atoms with Crippen molar-refractivity contribution in [1.29, 1.82) is 0 Å². The number of hydrogen-bond donors (Lipinski definition) is 1. The van der Waals surface area contributed by atoms with Crippen molar-refractivity contribution >= 4 is 5.97 Å². The fourth-order valence-corrected chi connectivity index (χ4v) is 3.07. The Bertz CT molecular complexity index is 521. The van der Waals surface area contributed by atoms with Gasteiger partial charge >= 0.3 is 5.97 Å². The molecule has 1 fully saturated rings. The highest BCUT2D eigenvalue weighted by molar-refractivity contribution is 5.82. The van der Waals surface area contributed by atoms with Gasteiger partial charge in [0.15, 0.2) is 11.5 Å². The van der Waals surface area contributed by atoms with Crippen LogP contribution in [0.1, 0.15) is 25.3 Å². The van der Waals surface area contributed by atoms with E-state index in [1.807, 2.05) is 18.2 Å². The lowest BCUT2D eigenvalue weighted by Gasteiger charge is -2.38. The van der Waals surface area contributed by atoms with E-state index < -0.39 is 11.4 Å². The van der Waals surface area contributed by atoms with Crippen molar-refractivity contribution in [3.05, 3.63) is 23.8 Å². The van der Waals surface area contributed by atoms with Crippen LogP contribution in [0, 0.1) is 0 Å². The first kappa shape index (κ1) is 13.2. The van der Waals surface area contributed by atoms with Gasteiger partial charge in [0.05, 0.1) is 5.41 Å². The average molecular weight is 277 g/mol. The van der Waals surface area contributed by atoms with Gasteiger partial charge < -0.3 is 19.5 Å². The van der Waals surface area contributed by atoms with E-state index >= 15 is 0 Å². The minimum atomic E-state index is -0.799. The molecule has 2 heterocycles. The molecule has 1 N–H and O–H groups in total. The van der Waals surface area contributed by atoms with E-state index in [9.17, 15) is 9.90 Å². The van der Waals surface area contributed by atoms with Gasteiger partial charge in [-0.2, -0.15) is 0 Å². The number of likely N-dealkylation sites (tertiary alicyclic amines) is 1. The number of piperidine rings is 1. The first-order chi connectivity index (χ1) is 9.65. The van der Waals surface area contributed by atoms with Crippen LogP contribution in [0.15, 0.2) is 18.2 Å². The molecule has 0 atom stereocenters. The van der Waals surface area contributed by atoms with Gasteiger partial charge in [0.1, 0.15) is 0 Å². The lowest BCUT2D eigenvalue weighted by molar-refractivity contribution is -0.146. The monoisotopic (exact) mass is 277 g/mol. The molecular formula is C15H19NO4. The predicted octanol–water partition coefficient (Wildman–Crippen LogP) is 1.85. The van der Waals surface area contributed by atoms with Crippen molar-refractivity contribution in [3.8, 4) is 11.5 Å². The number of aliphatic carboxylic acids is 1. The Morgan fingerprint density at radius 3 is 2.65 bits per heavy atom. The standard InChI is InChI=1S/C15H19NO4/c1-2-16-7-5-15(6-8-16,14(17)18)11-3-4-12-13(9-11)20-10-19-12/h3-4,9H,2,5-8,10H2,1H3,(H,17,18). The Hall–Kier alpha value is -1.75. The number of rotatable bonds is 3. The number of benzene rings is 1. The van der Waals surface area contributed by atoms with Gasteiger partial charge in [-0.05, 0) is 50.2 Å². The molecule has 1 saturated heterocycles. The summed E-state index contributed by atoms with van der Waals surface area (Å²) in [4.78, 5) is 14.2. The third-order valence-corrected chi connectivity index (χ3v) is 4.49. The summed E-state index contributed by atoms with van der Waals surface area (Å²) in [6.45, 7) is 4.92. The third-order valence-electron chi connectivity index (χ3n) is 4.49. The maximum atomic E-state index is 11.9. The van der Waals surface area contributed by atoms with Crippen LogP contribution in [0.4, 0.5) is 0 Å². The summed E-state index contributed by atoms with van der Waals surface area (Å²) in [5, 5.41) is 9.76. The van der Waals surface area contributed by atoms with E-state index in [-0.39, 0.29) is 6.79 Å². The largest absolute Gasteiger partial charge is 0.481 e. The predicted molar refractivity (Wildman–Crippen MR) is 73.2 cm³/mol. The molecule has 0 aromatic heterocycles. The molecule has 5 nitrogen and oxygen atoms in total. The maximum absolute atomic E-state index is 11.9. The molecule has 0 aliphatic carbocycles. The molecule has 3 rings (SSSR count). The van der Waals surface area contributed by atoms with Gasteiger partial charge in [-0.15, -0.1) is 0 Å². The zero-order chi connectivity index (χ0) is 14.2. The number of carboxylic acid groups (broad SMARTS) is 1. The van der Waals surface area contributed by atoms with Crippen LogP contribution >= 0.6 is 0 Å². The minimum Gasteiger partial charge on any atom is -0.481 e. The van der Waals surface area contributed by atoms with E-state index in [4.69, 9.17) is 9.47 Å². The summed E-state index contributed by atoms with van der Waals surface area (Å²) in [7, 11) is 0. The molecule has 108 valence electrons. The zero-order valence-corrected chi connectivity index (χ0v) is 11.6.